The Hall–Kier alpha value is -0.950. The summed E-state index contributed by atoms with van der Waals surface area (Å²) in [6.45, 7) is 0. The minimum atomic E-state index is 0.605. The van der Waals surface area contributed by atoms with Crippen molar-refractivity contribution >= 4 is 11.8 Å². The van der Waals surface area contributed by atoms with Gasteiger partial charge in [-0.1, -0.05) is 11.8 Å². The van der Waals surface area contributed by atoms with Crippen LogP contribution in [0.15, 0.2) is 22.1 Å². The number of rotatable bonds is 4. The molecule has 0 saturated carbocycles. The number of hydrogen-bond acceptors (Lipinski definition) is 4. The summed E-state index contributed by atoms with van der Waals surface area (Å²) in [6, 6.07) is 2.08. The molecule has 0 fully saturated rings. The fourth-order valence-corrected chi connectivity index (χ4v) is 1.31. The molecule has 0 saturated heterocycles. The van der Waals surface area contributed by atoms with Crippen molar-refractivity contribution in [1.29, 1.82) is 5.26 Å². The zero-order valence-electron chi connectivity index (χ0n) is 5.99. The van der Waals surface area contributed by atoms with Gasteiger partial charge in [-0.3, -0.25) is 0 Å². The van der Waals surface area contributed by atoms with Gasteiger partial charge in [0.15, 0.2) is 0 Å². The third kappa shape index (κ3) is 3.10. The first kappa shape index (κ1) is 8.15. The van der Waals surface area contributed by atoms with Crippen molar-refractivity contribution in [2.24, 2.45) is 0 Å². The Labute approximate surface area is 69.4 Å². The largest absolute Gasteiger partial charge is 0.440 e. The summed E-state index contributed by atoms with van der Waals surface area (Å²) >= 11 is 1.54. The van der Waals surface area contributed by atoms with E-state index in [0.29, 0.717) is 11.6 Å². The summed E-state index contributed by atoms with van der Waals surface area (Å²) in [5.74, 6) is 0.897. The third-order valence-corrected chi connectivity index (χ3v) is 2.01. The minimum absolute atomic E-state index is 0.605. The maximum Gasteiger partial charge on any atom is 0.255 e. The topological polar surface area (TPSA) is 49.8 Å². The van der Waals surface area contributed by atoms with Crippen molar-refractivity contribution in [3.63, 3.8) is 0 Å². The lowest BCUT2D eigenvalue weighted by Gasteiger charge is -1.90. The molecule has 1 rings (SSSR count). The van der Waals surface area contributed by atoms with Crippen LogP contribution in [0.3, 0.4) is 0 Å². The molecule has 1 heterocycles. The van der Waals surface area contributed by atoms with E-state index in [0.717, 1.165) is 12.2 Å². The predicted molar refractivity (Wildman–Crippen MR) is 42.1 cm³/mol. The van der Waals surface area contributed by atoms with Crippen molar-refractivity contribution in [3.05, 3.63) is 12.5 Å². The van der Waals surface area contributed by atoms with Crippen LogP contribution in [0.4, 0.5) is 0 Å². The van der Waals surface area contributed by atoms with Gasteiger partial charge in [0.05, 0.1) is 12.3 Å². The second-order valence-corrected chi connectivity index (χ2v) is 2.95. The van der Waals surface area contributed by atoms with Crippen LogP contribution in [0.1, 0.15) is 12.8 Å². The van der Waals surface area contributed by atoms with Crippen LogP contribution in [-0.4, -0.2) is 10.7 Å². The second-order valence-electron chi connectivity index (χ2n) is 1.91. The molecule has 0 aliphatic carbocycles. The molecule has 0 amide bonds. The lowest BCUT2D eigenvalue weighted by atomic mass is 10.4. The van der Waals surface area contributed by atoms with E-state index in [1.165, 1.54) is 11.8 Å². The maximum atomic E-state index is 8.23. The molecule has 11 heavy (non-hydrogen) atoms. The van der Waals surface area contributed by atoms with Gasteiger partial charge in [-0.05, 0) is 6.42 Å². The van der Waals surface area contributed by atoms with Crippen LogP contribution in [0.2, 0.25) is 0 Å². The van der Waals surface area contributed by atoms with Crippen LogP contribution < -0.4 is 0 Å². The van der Waals surface area contributed by atoms with Gasteiger partial charge in [0.25, 0.3) is 5.22 Å². The lowest BCUT2D eigenvalue weighted by Crippen LogP contribution is -1.77. The fourth-order valence-electron chi connectivity index (χ4n) is 0.592. The first-order valence-corrected chi connectivity index (χ1v) is 4.31. The van der Waals surface area contributed by atoms with E-state index in [-0.39, 0.29) is 0 Å². The molecule has 0 unspecified atom stereocenters. The Balaban J connectivity index is 2.10. The van der Waals surface area contributed by atoms with Gasteiger partial charge in [-0.25, -0.2) is 4.98 Å². The van der Waals surface area contributed by atoms with Gasteiger partial charge in [0, 0.05) is 12.2 Å². The molecule has 0 spiro atoms. The molecular formula is C7H8N2OS. The molecule has 58 valence electrons. The first-order chi connectivity index (χ1) is 5.43. The summed E-state index contributed by atoms with van der Waals surface area (Å²) < 4.78 is 4.98. The summed E-state index contributed by atoms with van der Waals surface area (Å²) in [4.78, 5) is 3.93. The zero-order valence-corrected chi connectivity index (χ0v) is 6.80. The van der Waals surface area contributed by atoms with Crippen molar-refractivity contribution in [3.8, 4) is 6.07 Å². The first-order valence-electron chi connectivity index (χ1n) is 3.32. The lowest BCUT2D eigenvalue weighted by molar-refractivity contribution is 0.454. The highest BCUT2D eigenvalue weighted by atomic mass is 32.2. The quantitative estimate of drug-likeness (QED) is 0.510. The molecule has 0 aliphatic rings. The Bertz CT molecular complexity index is 227. The van der Waals surface area contributed by atoms with Crippen molar-refractivity contribution in [2.45, 2.75) is 18.1 Å². The number of oxazole rings is 1. The number of thioether (sulfide) groups is 1. The van der Waals surface area contributed by atoms with E-state index in [1.807, 2.05) is 0 Å². The van der Waals surface area contributed by atoms with Gasteiger partial charge in [-0.2, -0.15) is 5.26 Å². The van der Waals surface area contributed by atoms with E-state index in [2.05, 4.69) is 11.1 Å². The molecule has 3 nitrogen and oxygen atoms in total. The number of nitrogens with zero attached hydrogens (tertiary/aromatic N) is 2. The van der Waals surface area contributed by atoms with Crippen LogP contribution in [0, 0.1) is 11.3 Å². The molecule has 0 aromatic carbocycles. The van der Waals surface area contributed by atoms with Crippen LogP contribution >= 0.6 is 11.8 Å². The summed E-state index contributed by atoms with van der Waals surface area (Å²) in [6.07, 6.45) is 4.66. The monoisotopic (exact) mass is 168 g/mol. The summed E-state index contributed by atoms with van der Waals surface area (Å²) in [7, 11) is 0. The van der Waals surface area contributed by atoms with Crippen LogP contribution in [0.5, 0.6) is 0 Å². The predicted octanol–water partition coefficient (Wildman–Crippen LogP) is 2.07. The molecule has 1 aromatic heterocycles. The van der Waals surface area contributed by atoms with E-state index < -0.39 is 0 Å². The molecular weight excluding hydrogens is 160 g/mol. The maximum absolute atomic E-state index is 8.23. The SMILES string of the molecule is N#CCCCSc1ncco1. The standard InChI is InChI=1S/C7H8N2OS/c8-3-1-2-6-11-7-9-4-5-10-7/h4-5H,1-2,6H2. The molecule has 4 heteroatoms. The van der Waals surface area contributed by atoms with E-state index >= 15 is 0 Å². The fraction of sp³-hybridized carbons (Fsp3) is 0.429. The average Bonchev–Trinajstić information content (AvgIpc) is 2.50. The van der Waals surface area contributed by atoms with Gasteiger partial charge < -0.3 is 4.42 Å². The smallest absolute Gasteiger partial charge is 0.255 e. The molecule has 0 aliphatic heterocycles. The van der Waals surface area contributed by atoms with Gasteiger partial charge in [0.2, 0.25) is 0 Å². The highest BCUT2D eigenvalue weighted by molar-refractivity contribution is 7.99. The molecule has 0 bridgehead atoms. The van der Waals surface area contributed by atoms with E-state index in [1.54, 1.807) is 12.5 Å². The van der Waals surface area contributed by atoms with Crippen molar-refractivity contribution in [2.75, 3.05) is 5.75 Å². The van der Waals surface area contributed by atoms with Crippen molar-refractivity contribution < 1.29 is 4.42 Å². The highest BCUT2D eigenvalue weighted by Gasteiger charge is 1.96. The van der Waals surface area contributed by atoms with Crippen molar-refractivity contribution in [1.82, 2.24) is 4.98 Å². The van der Waals surface area contributed by atoms with E-state index in [9.17, 15) is 0 Å². The Morgan fingerprint density at radius 1 is 1.73 bits per heavy atom. The number of hydrogen-bond donors (Lipinski definition) is 0. The highest BCUT2D eigenvalue weighted by Crippen LogP contribution is 2.15. The van der Waals surface area contributed by atoms with Gasteiger partial charge in [0.1, 0.15) is 6.26 Å². The Kier molecular flexibility index (Phi) is 3.56. The average molecular weight is 168 g/mol. The van der Waals surface area contributed by atoms with Crippen LogP contribution in [-0.2, 0) is 0 Å². The molecule has 1 aromatic rings. The number of nitriles is 1. The summed E-state index contributed by atoms with van der Waals surface area (Å²) in [5.41, 5.74) is 0. The Morgan fingerprint density at radius 3 is 3.27 bits per heavy atom. The molecule has 0 atom stereocenters. The molecule has 0 radical (unpaired) electrons. The zero-order chi connectivity index (χ0) is 7.94. The molecule has 0 N–H and O–H groups in total. The van der Waals surface area contributed by atoms with Gasteiger partial charge in [-0.15, -0.1) is 0 Å². The summed E-state index contributed by atoms with van der Waals surface area (Å²) in [5, 5.41) is 8.91. The van der Waals surface area contributed by atoms with Gasteiger partial charge >= 0.3 is 0 Å². The van der Waals surface area contributed by atoms with Crippen LogP contribution in [0.25, 0.3) is 0 Å². The van der Waals surface area contributed by atoms with E-state index in [4.69, 9.17) is 9.68 Å². The normalized spacial score (nSPS) is 9.36. The second kappa shape index (κ2) is 4.80. The third-order valence-electron chi connectivity index (χ3n) is 1.07. The Morgan fingerprint density at radius 2 is 2.64 bits per heavy atom. The number of unbranched alkanes of at least 4 members (excludes halogenated alkanes) is 1. The number of aromatic nitrogens is 1. The minimum Gasteiger partial charge on any atom is -0.440 e.